The fraction of sp³-hybridized carbons (Fsp3) is 0.545. The number of carbonyl (C=O) groups is 3. The van der Waals surface area contributed by atoms with Gasteiger partial charge in [0.15, 0.2) is 24.6 Å². The first kappa shape index (κ1) is 31.9. The molecule has 7 rings (SSSR count). The van der Waals surface area contributed by atoms with Crippen molar-refractivity contribution in [3.8, 4) is 17.2 Å². The van der Waals surface area contributed by atoms with E-state index in [2.05, 4.69) is 5.32 Å². The number of rotatable bonds is 5. The highest BCUT2D eigenvalue weighted by atomic mass is 16.7. The molecule has 2 aliphatic carbocycles. The summed E-state index contributed by atoms with van der Waals surface area (Å²) < 4.78 is 29.4. The number of morpholine rings is 1. The maximum absolute atomic E-state index is 13.9. The van der Waals surface area contributed by atoms with Gasteiger partial charge in [0.1, 0.15) is 29.0 Å². The molecule has 47 heavy (non-hydrogen) atoms. The SMILES string of the molecule is COc1cccc2c1C(=O)c1c(O)c3c(c(O)c1C2=O)C[C@@](O)(C(=O)NC(C)C)C[C@@H]3O[C@H]1C[C@H]2[C@H](O[C@@H]3[C@@H](O)OCCN32)[C@H](C)O1. The first-order valence-corrected chi connectivity index (χ1v) is 15.8. The van der Waals surface area contributed by atoms with E-state index in [4.69, 9.17) is 23.7 Å². The van der Waals surface area contributed by atoms with Gasteiger partial charge in [0, 0.05) is 54.6 Å². The number of phenols is 2. The highest BCUT2D eigenvalue weighted by Crippen LogP contribution is 2.53. The highest BCUT2D eigenvalue weighted by Gasteiger charge is 2.55. The molecule has 0 radical (unpaired) electrons. The fourth-order valence-electron chi connectivity index (χ4n) is 7.73. The van der Waals surface area contributed by atoms with Crippen LogP contribution in [-0.2, 0) is 30.2 Å². The predicted molar refractivity (Wildman–Crippen MR) is 160 cm³/mol. The van der Waals surface area contributed by atoms with Crippen LogP contribution in [0.5, 0.6) is 17.2 Å². The molecule has 14 nitrogen and oxygen atoms in total. The Kier molecular flexibility index (Phi) is 7.82. The summed E-state index contributed by atoms with van der Waals surface area (Å²) in [7, 11) is 1.35. The van der Waals surface area contributed by atoms with Crippen molar-refractivity contribution in [3.63, 3.8) is 0 Å². The minimum atomic E-state index is -2.12. The number of nitrogens with one attached hydrogen (secondary N) is 1. The number of methoxy groups -OCH3 is 1. The number of carbonyl (C=O) groups excluding carboxylic acids is 3. The molecule has 1 amide bonds. The Morgan fingerprint density at radius 3 is 2.57 bits per heavy atom. The molecule has 2 aromatic rings. The second-order valence-corrected chi connectivity index (χ2v) is 13.1. The Balaban J connectivity index is 1.31. The normalized spacial score (nSPS) is 33.0. The van der Waals surface area contributed by atoms with E-state index in [9.17, 15) is 34.8 Å². The Morgan fingerprint density at radius 1 is 1.11 bits per heavy atom. The van der Waals surface area contributed by atoms with Gasteiger partial charge in [-0.3, -0.25) is 19.3 Å². The van der Waals surface area contributed by atoms with Crippen molar-refractivity contribution in [1.82, 2.24) is 10.2 Å². The number of hydrogen-bond donors (Lipinski definition) is 5. The Labute approximate surface area is 270 Å². The van der Waals surface area contributed by atoms with Gasteiger partial charge in [-0.25, -0.2) is 0 Å². The van der Waals surface area contributed by atoms with Crippen LogP contribution in [0.15, 0.2) is 18.2 Å². The number of aliphatic hydroxyl groups is 2. The van der Waals surface area contributed by atoms with Gasteiger partial charge in [-0.1, -0.05) is 12.1 Å². The van der Waals surface area contributed by atoms with Crippen molar-refractivity contribution in [2.75, 3.05) is 20.3 Å². The zero-order valence-electron chi connectivity index (χ0n) is 26.4. The molecule has 252 valence electrons. The van der Waals surface area contributed by atoms with Crippen LogP contribution < -0.4 is 10.1 Å². The van der Waals surface area contributed by atoms with E-state index in [1.165, 1.54) is 25.3 Å². The molecule has 3 aliphatic heterocycles. The van der Waals surface area contributed by atoms with Crippen molar-refractivity contribution in [3.05, 3.63) is 51.6 Å². The average Bonchev–Trinajstić information content (AvgIpc) is 3.41. The quantitative estimate of drug-likeness (QED) is 0.245. The van der Waals surface area contributed by atoms with E-state index in [-0.39, 0.29) is 52.9 Å². The zero-order chi connectivity index (χ0) is 33.5. The number of nitrogens with zero attached hydrogens (tertiary/aromatic N) is 1. The molecular formula is C33H38N2O12. The summed E-state index contributed by atoms with van der Waals surface area (Å²) in [6.07, 6.45) is -5.48. The lowest BCUT2D eigenvalue weighted by Crippen LogP contribution is -2.55. The number of fused-ring (bicyclic) bond motifs is 6. The van der Waals surface area contributed by atoms with Crippen molar-refractivity contribution < 1.29 is 58.5 Å². The van der Waals surface area contributed by atoms with E-state index in [1.54, 1.807) is 20.8 Å². The Hall–Kier alpha value is -3.63. The molecule has 0 saturated carbocycles. The van der Waals surface area contributed by atoms with Crippen LogP contribution >= 0.6 is 0 Å². The third-order valence-electron chi connectivity index (χ3n) is 9.81. The van der Waals surface area contributed by atoms with Crippen LogP contribution in [0, 0.1) is 0 Å². The minimum Gasteiger partial charge on any atom is -0.507 e. The van der Waals surface area contributed by atoms with Crippen LogP contribution in [-0.4, -0.2) is 112 Å². The molecule has 0 spiro atoms. The molecule has 14 heteroatoms. The number of aromatic hydroxyl groups is 2. The predicted octanol–water partition coefficient (Wildman–Crippen LogP) is 1.02. The van der Waals surface area contributed by atoms with Crippen LogP contribution in [0.4, 0.5) is 0 Å². The second-order valence-electron chi connectivity index (χ2n) is 13.1. The van der Waals surface area contributed by atoms with Crippen molar-refractivity contribution in [1.29, 1.82) is 0 Å². The second kappa shape index (κ2) is 11.5. The molecule has 0 aromatic heterocycles. The molecule has 3 saturated heterocycles. The summed E-state index contributed by atoms with van der Waals surface area (Å²) in [5, 5.41) is 48.4. The number of benzene rings is 2. The van der Waals surface area contributed by atoms with E-state index >= 15 is 0 Å². The topological polar surface area (TPSA) is 194 Å². The monoisotopic (exact) mass is 654 g/mol. The lowest BCUT2D eigenvalue weighted by Gasteiger charge is -2.43. The standard InChI is InChI=1S/C33H38N2O12/c1-13(2)34-32(41)33(42)11-16-22(28(39)24-23(26(16)37)25(36)15-6-5-7-18(43-4)21(15)27(24)38)19(12-33)46-20-10-17-29(14(3)45-20)47-30-31(40)44-9-8-35(17)30/h5-7,13-14,17,19-20,29-31,37,39-40,42H,8-12H2,1-4H3,(H,34,41)/t14-,17-,19-,20-,29+,30+,31-,33-/m0/s1. The smallest absolute Gasteiger partial charge is 0.252 e. The summed E-state index contributed by atoms with van der Waals surface area (Å²) >= 11 is 0. The average molecular weight is 655 g/mol. The first-order chi connectivity index (χ1) is 22.3. The molecule has 8 atom stereocenters. The maximum Gasteiger partial charge on any atom is 0.252 e. The number of hydrogen-bond acceptors (Lipinski definition) is 13. The molecule has 5 N–H and O–H groups in total. The lowest BCUT2D eigenvalue weighted by atomic mass is 9.72. The molecule has 0 unspecified atom stereocenters. The van der Waals surface area contributed by atoms with Gasteiger partial charge in [0.05, 0.1) is 42.6 Å². The van der Waals surface area contributed by atoms with Gasteiger partial charge in [-0.15, -0.1) is 0 Å². The van der Waals surface area contributed by atoms with Crippen molar-refractivity contribution in [2.45, 2.75) is 94.8 Å². The van der Waals surface area contributed by atoms with Crippen LogP contribution in [0.3, 0.4) is 0 Å². The maximum atomic E-state index is 13.9. The molecule has 5 aliphatic rings. The number of phenolic OH excluding ortho intramolecular Hbond substituents is 2. The lowest BCUT2D eigenvalue weighted by molar-refractivity contribution is -0.252. The summed E-state index contributed by atoms with van der Waals surface area (Å²) in [6, 6.07) is 3.92. The van der Waals surface area contributed by atoms with E-state index in [0.717, 1.165) is 0 Å². The van der Waals surface area contributed by atoms with Crippen LogP contribution in [0.2, 0.25) is 0 Å². The van der Waals surface area contributed by atoms with Gasteiger partial charge < -0.3 is 49.4 Å². The summed E-state index contributed by atoms with van der Waals surface area (Å²) in [5.41, 5.74) is -3.15. The van der Waals surface area contributed by atoms with E-state index in [1.807, 2.05) is 4.90 Å². The third-order valence-corrected chi connectivity index (χ3v) is 9.81. The van der Waals surface area contributed by atoms with Crippen molar-refractivity contribution >= 4 is 17.5 Å². The summed E-state index contributed by atoms with van der Waals surface area (Å²) in [4.78, 5) is 43.1. The molecule has 0 bridgehead atoms. The van der Waals surface area contributed by atoms with E-state index < -0.39 is 89.2 Å². The molecule has 3 fully saturated rings. The summed E-state index contributed by atoms with van der Waals surface area (Å²) in [6.45, 7) is 6.07. The number of ketones is 2. The zero-order valence-corrected chi connectivity index (χ0v) is 26.4. The van der Waals surface area contributed by atoms with Crippen LogP contribution in [0.25, 0.3) is 0 Å². The van der Waals surface area contributed by atoms with Gasteiger partial charge in [0.25, 0.3) is 5.91 Å². The number of amides is 1. The van der Waals surface area contributed by atoms with Gasteiger partial charge in [-0.05, 0) is 26.8 Å². The summed E-state index contributed by atoms with van der Waals surface area (Å²) in [5.74, 6) is -3.28. The minimum absolute atomic E-state index is 0.0163. The Morgan fingerprint density at radius 2 is 1.85 bits per heavy atom. The number of ether oxygens (including phenoxy) is 5. The Bertz CT molecular complexity index is 1660. The molecule has 2 aromatic carbocycles. The van der Waals surface area contributed by atoms with Crippen molar-refractivity contribution in [2.24, 2.45) is 0 Å². The third kappa shape index (κ3) is 4.93. The first-order valence-electron chi connectivity index (χ1n) is 15.8. The van der Waals surface area contributed by atoms with Gasteiger partial charge in [-0.2, -0.15) is 0 Å². The molecule has 3 heterocycles. The highest BCUT2D eigenvalue weighted by molar-refractivity contribution is 6.31. The number of aliphatic hydroxyl groups excluding tert-OH is 1. The van der Waals surface area contributed by atoms with Gasteiger partial charge in [0.2, 0.25) is 5.78 Å². The molecular weight excluding hydrogens is 616 g/mol. The van der Waals surface area contributed by atoms with Gasteiger partial charge >= 0.3 is 0 Å². The van der Waals surface area contributed by atoms with E-state index in [0.29, 0.717) is 13.2 Å². The largest absolute Gasteiger partial charge is 0.507 e. The fourth-order valence-corrected chi connectivity index (χ4v) is 7.73. The van der Waals surface area contributed by atoms with Crippen LogP contribution in [0.1, 0.15) is 82.7 Å².